The van der Waals surface area contributed by atoms with Gasteiger partial charge in [0, 0.05) is 11.0 Å². The van der Waals surface area contributed by atoms with E-state index < -0.39 is 0 Å². The zero-order valence-corrected chi connectivity index (χ0v) is 17.8. The maximum absolute atomic E-state index is 13.0. The lowest BCUT2D eigenvalue weighted by molar-refractivity contribution is -0.122. The molecule has 0 aliphatic heterocycles. The third-order valence-electron chi connectivity index (χ3n) is 5.91. The molecule has 3 aromatic rings. The van der Waals surface area contributed by atoms with Gasteiger partial charge in [0.15, 0.2) is 0 Å². The molecular weight excluding hydrogens is 384 g/mol. The van der Waals surface area contributed by atoms with Crippen LogP contribution in [-0.4, -0.2) is 18.7 Å². The number of nitrogens with zero attached hydrogens (tertiary/aromatic N) is 1. The van der Waals surface area contributed by atoms with E-state index in [9.17, 15) is 4.79 Å². The average molecular weight is 413 g/mol. The van der Waals surface area contributed by atoms with Crippen molar-refractivity contribution in [2.75, 3.05) is 6.61 Å². The Balaban J connectivity index is 1.47. The van der Waals surface area contributed by atoms with E-state index in [4.69, 9.17) is 4.74 Å². The smallest absolute Gasteiger partial charge is 0.244 e. The SMILES string of the molecule is CCCCOc1ccccc1C=NNC(=O)C1CC1(c1ccccc1)c1ccccc1. The van der Waals surface area contributed by atoms with Gasteiger partial charge in [-0.05, 0) is 36.1 Å². The van der Waals surface area contributed by atoms with Gasteiger partial charge >= 0.3 is 0 Å². The first-order valence-corrected chi connectivity index (χ1v) is 10.9. The standard InChI is InChI=1S/C27H28N2O2/c1-2-3-18-31-25-17-11-10-12-21(25)20-28-29-26(30)24-19-27(24,22-13-6-4-7-14-22)23-15-8-5-9-16-23/h4-17,20,24H,2-3,18-19H2,1H3,(H,29,30). The molecule has 1 atom stereocenters. The first-order valence-electron chi connectivity index (χ1n) is 10.9. The molecule has 0 spiro atoms. The zero-order valence-electron chi connectivity index (χ0n) is 17.8. The summed E-state index contributed by atoms with van der Waals surface area (Å²) in [4.78, 5) is 13.0. The second-order valence-electron chi connectivity index (χ2n) is 7.93. The van der Waals surface area contributed by atoms with Crippen LogP contribution in [0.4, 0.5) is 0 Å². The summed E-state index contributed by atoms with van der Waals surface area (Å²) >= 11 is 0. The topological polar surface area (TPSA) is 50.7 Å². The van der Waals surface area contributed by atoms with Crippen LogP contribution >= 0.6 is 0 Å². The second kappa shape index (κ2) is 9.61. The Morgan fingerprint density at radius 1 is 1.00 bits per heavy atom. The van der Waals surface area contributed by atoms with Crippen LogP contribution in [0.25, 0.3) is 0 Å². The van der Waals surface area contributed by atoms with Crippen LogP contribution in [0.5, 0.6) is 5.75 Å². The zero-order chi connectivity index (χ0) is 21.5. The average Bonchev–Trinajstić information content (AvgIpc) is 3.59. The van der Waals surface area contributed by atoms with Crippen LogP contribution in [0, 0.1) is 5.92 Å². The van der Waals surface area contributed by atoms with Gasteiger partial charge in [-0.15, -0.1) is 0 Å². The number of unbranched alkanes of at least 4 members (excludes halogenated alkanes) is 1. The van der Waals surface area contributed by atoms with E-state index in [2.05, 4.69) is 41.7 Å². The maximum atomic E-state index is 13.0. The van der Waals surface area contributed by atoms with Gasteiger partial charge in [-0.1, -0.05) is 86.1 Å². The molecule has 0 bridgehead atoms. The van der Waals surface area contributed by atoms with Crippen molar-refractivity contribution in [2.24, 2.45) is 11.0 Å². The van der Waals surface area contributed by atoms with E-state index in [1.54, 1.807) is 6.21 Å². The van der Waals surface area contributed by atoms with Crippen molar-refractivity contribution >= 4 is 12.1 Å². The molecule has 1 fully saturated rings. The Hall–Kier alpha value is -3.40. The Kier molecular flexibility index (Phi) is 6.46. The van der Waals surface area contributed by atoms with Crippen molar-refractivity contribution in [3.8, 4) is 5.75 Å². The van der Waals surface area contributed by atoms with Gasteiger partial charge in [-0.2, -0.15) is 5.10 Å². The van der Waals surface area contributed by atoms with Crippen LogP contribution < -0.4 is 10.2 Å². The monoisotopic (exact) mass is 412 g/mol. The third-order valence-corrected chi connectivity index (χ3v) is 5.91. The molecular formula is C27H28N2O2. The lowest BCUT2D eigenvalue weighted by Gasteiger charge is -2.18. The number of hydrogen-bond donors (Lipinski definition) is 1. The molecule has 3 aromatic carbocycles. The van der Waals surface area contributed by atoms with Crippen LogP contribution in [0.15, 0.2) is 90.0 Å². The predicted molar refractivity (Wildman–Crippen MR) is 124 cm³/mol. The molecule has 0 aromatic heterocycles. The van der Waals surface area contributed by atoms with Gasteiger partial charge < -0.3 is 4.74 Å². The van der Waals surface area contributed by atoms with Crippen LogP contribution in [0.2, 0.25) is 0 Å². The molecule has 0 radical (unpaired) electrons. The minimum absolute atomic E-state index is 0.0617. The van der Waals surface area contributed by atoms with Crippen LogP contribution in [0.3, 0.4) is 0 Å². The van der Waals surface area contributed by atoms with Gasteiger partial charge in [0.05, 0.1) is 18.7 Å². The largest absolute Gasteiger partial charge is 0.493 e. The Labute approximate surface area is 184 Å². The van der Waals surface area contributed by atoms with Crippen molar-refractivity contribution in [1.29, 1.82) is 0 Å². The Bertz CT molecular complexity index is 992. The number of carbonyl (C=O) groups is 1. The summed E-state index contributed by atoms with van der Waals surface area (Å²) in [5.41, 5.74) is 5.66. The first kappa shape index (κ1) is 20.9. The quantitative estimate of drug-likeness (QED) is 0.294. The molecule has 1 aliphatic carbocycles. The Morgan fingerprint density at radius 2 is 1.61 bits per heavy atom. The van der Waals surface area contributed by atoms with Crippen molar-refractivity contribution in [3.05, 3.63) is 102 Å². The molecule has 31 heavy (non-hydrogen) atoms. The maximum Gasteiger partial charge on any atom is 0.244 e. The highest BCUT2D eigenvalue weighted by Crippen LogP contribution is 2.58. The summed E-state index contributed by atoms with van der Waals surface area (Å²) in [5, 5.41) is 4.24. The minimum Gasteiger partial charge on any atom is -0.493 e. The van der Waals surface area contributed by atoms with E-state index in [0.717, 1.165) is 30.6 Å². The number of amides is 1. The summed E-state index contributed by atoms with van der Waals surface area (Å²) in [7, 11) is 0. The van der Waals surface area contributed by atoms with Gasteiger partial charge in [0.25, 0.3) is 0 Å². The van der Waals surface area contributed by atoms with Gasteiger partial charge in [-0.3, -0.25) is 4.79 Å². The highest BCUT2D eigenvalue weighted by Gasteiger charge is 2.60. The molecule has 4 rings (SSSR count). The number of hydrogen-bond acceptors (Lipinski definition) is 3. The highest BCUT2D eigenvalue weighted by atomic mass is 16.5. The minimum atomic E-state index is -0.288. The first-order chi connectivity index (χ1) is 15.3. The fraction of sp³-hybridized carbons (Fsp3) is 0.259. The molecule has 4 nitrogen and oxygen atoms in total. The molecule has 1 unspecified atom stereocenters. The van der Waals surface area contributed by atoms with Crippen molar-refractivity contribution in [1.82, 2.24) is 5.43 Å². The highest BCUT2D eigenvalue weighted by molar-refractivity contribution is 5.88. The van der Waals surface area contributed by atoms with Crippen molar-refractivity contribution in [3.63, 3.8) is 0 Å². The molecule has 158 valence electrons. The molecule has 1 saturated carbocycles. The number of hydrazone groups is 1. The number of ether oxygens (including phenoxy) is 1. The van der Waals surface area contributed by atoms with Crippen molar-refractivity contribution in [2.45, 2.75) is 31.6 Å². The lowest BCUT2D eigenvalue weighted by Crippen LogP contribution is -2.25. The number of rotatable bonds is 9. The number of nitrogens with one attached hydrogen (secondary N) is 1. The van der Waals surface area contributed by atoms with Crippen LogP contribution in [-0.2, 0) is 10.2 Å². The van der Waals surface area contributed by atoms with Crippen molar-refractivity contribution < 1.29 is 9.53 Å². The number of benzene rings is 3. The van der Waals surface area contributed by atoms with Crippen LogP contribution in [0.1, 0.15) is 42.9 Å². The summed E-state index contributed by atoms with van der Waals surface area (Å²) in [6, 6.07) is 28.3. The summed E-state index contributed by atoms with van der Waals surface area (Å²) in [6.07, 6.45) is 4.52. The van der Waals surface area contributed by atoms with E-state index in [1.165, 1.54) is 11.1 Å². The lowest BCUT2D eigenvalue weighted by atomic mass is 9.85. The third kappa shape index (κ3) is 4.53. The van der Waals surface area contributed by atoms with E-state index in [1.807, 2.05) is 60.7 Å². The van der Waals surface area contributed by atoms with Gasteiger partial charge in [0.1, 0.15) is 5.75 Å². The molecule has 1 N–H and O–H groups in total. The predicted octanol–water partition coefficient (Wildman–Crippen LogP) is 5.32. The molecule has 1 amide bonds. The number of carbonyl (C=O) groups excluding carboxylic acids is 1. The van der Waals surface area contributed by atoms with E-state index >= 15 is 0 Å². The fourth-order valence-corrected chi connectivity index (χ4v) is 4.14. The van der Waals surface area contributed by atoms with Gasteiger partial charge in [0.2, 0.25) is 5.91 Å². The van der Waals surface area contributed by atoms with E-state index in [-0.39, 0.29) is 17.2 Å². The molecule has 0 heterocycles. The summed E-state index contributed by atoms with van der Waals surface area (Å²) in [6.45, 7) is 2.81. The molecule has 0 saturated heterocycles. The second-order valence-corrected chi connectivity index (χ2v) is 7.93. The van der Waals surface area contributed by atoms with Gasteiger partial charge in [-0.25, -0.2) is 5.43 Å². The summed E-state index contributed by atoms with van der Waals surface area (Å²) in [5.74, 6) is 0.571. The Morgan fingerprint density at radius 3 is 2.26 bits per heavy atom. The normalized spacial score (nSPS) is 16.7. The number of para-hydroxylation sites is 1. The fourth-order valence-electron chi connectivity index (χ4n) is 4.14. The summed E-state index contributed by atoms with van der Waals surface area (Å²) < 4.78 is 5.84. The molecule has 1 aliphatic rings. The molecule has 4 heteroatoms. The van der Waals surface area contributed by atoms with E-state index in [0.29, 0.717) is 6.61 Å².